The average molecular weight is 467 g/mol. The van der Waals surface area contributed by atoms with Gasteiger partial charge in [0, 0.05) is 15.8 Å². The number of rotatable bonds is 8. The first-order chi connectivity index (χ1) is 15.4. The van der Waals surface area contributed by atoms with E-state index in [-0.39, 0.29) is 11.7 Å². The van der Waals surface area contributed by atoms with E-state index in [1.54, 1.807) is 17.8 Å². The Kier molecular flexibility index (Phi) is 7.08. The molecule has 0 aliphatic rings. The largest absolute Gasteiger partial charge is 0.478 e. The number of fused-ring (bicyclic) bond motifs is 1. The van der Waals surface area contributed by atoms with Gasteiger partial charge < -0.3 is 14.3 Å². The zero-order valence-corrected chi connectivity index (χ0v) is 20.9. The second-order valence-corrected chi connectivity index (χ2v) is 9.84. The average Bonchev–Trinajstić information content (AvgIpc) is 3.13. The number of thioether (sulfide) groups is 1. The smallest absolute Gasteiger partial charge is 0.347 e. The van der Waals surface area contributed by atoms with E-state index in [4.69, 9.17) is 9.15 Å². The summed E-state index contributed by atoms with van der Waals surface area (Å²) in [6, 6.07) is 9.77. The topological polar surface area (TPSA) is 76.7 Å². The second kappa shape index (κ2) is 9.48. The first-order valence-electron chi connectivity index (χ1n) is 10.8. The van der Waals surface area contributed by atoms with Crippen LogP contribution < -0.4 is 4.74 Å². The van der Waals surface area contributed by atoms with E-state index in [9.17, 15) is 14.7 Å². The van der Waals surface area contributed by atoms with Crippen LogP contribution in [0, 0.1) is 13.8 Å². The molecule has 0 unspecified atom stereocenters. The van der Waals surface area contributed by atoms with Crippen molar-refractivity contribution in [2.24, 2.45) is 0 Å². The van der Waals surface area contributed by atoms with Crippen molar-refractivity contribution >= 4 is 40.6 Å². The van der Waals surface area contributed by atoms with Crippen LogP contribution in [0.2, 0.25) is 0 Å². The van der Waals surface area contributed by atoms with Crippen LogP contribution in [0.4, 0.5) is 0 Å². The second-order valence-electron chi connectivity index (χ2n) is 8.96. The molecule has 0 bridgehead atoms. The lowest BCUT2D eigenvalue weighted by Gasteiger charge is -2.24. The van der Waals surface area contributed by atoms with Gasteiger partial charge in [0.2, 0.25) is 5.78 Å². The summed E-state index contributed by atoms with van der Waals surface area (Å²) >= 11 is 1.63. The molecule has 0 saturated carbocycles. The summed E-state index contributed by atoms with van der Waals surface area (Å²) in [4.78, 5) is 25.6. The van der Waals surface area contributed by atoms with Crippen LogP contribution in [0.3, 0.4) is 0 Å². The highest BCUT2D eigenvalue weighted by Crippen LogP contribution is 2.35. The number of aryl methyl sites for hydroxylation is 2. The van der Waals surface area contributed by atoms with Crippen LogP contribution >= 0.6 is 11.8 Å². The van der Waals surface area contributed by atoms with Crippen molar-refractivity contribution in [2.75, 3.05) is 6.26 Å². The van der Waals surface area contributed by atoms with Gasteiger partial charge in [-0.2, -0.15) is 0 Å². The molecule has 6 heteroatoms. The summed E-state index contributed by atoms with van der Waals surface area (Å²) in [5, 5.41) is 10.3. The SMILES string of the molecule is CSc1ccc2c(C(C)C)c(C(=O)C=Cc3cc(C)c(OC(C)(C)C(=O)O)c(C)c3)oc2c1. The number of benzene rings is 2. The summed E-state index contributed by atoms with van der Waals surface area (Å²) in [6.07, 6.45) is 5.28. The highest BCUT2D eigenvalue weighted by atomic mass is 32.2. The Bertz CT molecular complexity index is 1220. The van der Waals surface area contributed by atoms with Gasteiger partial charge in [0.25, 0.3) is 0 Å². The van der Waals surface area contributed by atoms with Crippen LogP contribution in [0.15, 0.2) is 45.7 Å². The molecule has 3 aromatic rings. The van der Waals surface area contributed by atoms with E-state index in [1.165, 1.54) is 19.9 Å². The van der Waals surface area contributed by atoms with Crippen LogP contribution in [-0.2, 0) is 4.79 Å². The number of carboxylic acids is 1. The minimum Gasteiger partial charge on any atom is -0.478 e. The first-order valence-corrected chi connectivity index (χ1v) is 12.0. The normalized spacial score (nSPS) is 12.1. The Morgan fingerprint density at radius 2 is 1.76 bits per heavy atom. The summed E-state index contributed by atoms with van der Waals surface area (Å²) < 4.78 is 11.8. The number of carbonyl (C=O) groups is 2. The van der Waals surface area contributed by atoms with E-state index < -0.39 is 11.6 Å². The molecule has 2 aromatic carbocycles. The summed E-state index contributed by atoms with van der Waals surface area (Å²) in [5.74, 6) is -0.186. The number of ketones is 1. The van der Waals surface area contributed by atoms with Gasteiger partial charge in [-0.05, 0) is 93.0 Å². The minimum absolute atomic E-state index is 0.136. The van der Waals surface area contributed by atoms with Crippen molar-refractivity contribution in [1.29, 1.82) is 0 Å². The highest BCUT2D eigenvalue weighted by molar-refractivity contribution is 7.98. The number of carbonyl (C=O) groups excluding carboxylic acids is 1. The molecule has 33 heavy (non-hydrogen) atoms. The maximum Gasteiger partial charge on any atom is 0.347 e. The van der Waals surface area contributed by atoms with Gasteiger partial charge in [0.15, 0.2) is 11.4 Å². The van der Waals surface area contributed by atoms with Crippen molar-refractivity contribution in [3.05, 3.63) is 64.4 Å². The molecule has 1 N–H and O–H groups in total. The van der Waals surface area contributed by atoms with Gasteiger partial charge in [-0.1, -0.05) is 19.9 Å². The van der Waals surface area contributed by atoms with Crippen LogP contribution in [0.1, 0.15) is 66.4 Å². The van der Waals surface area contributed by atoms with Gasteiger partial charge >= 0.3 is 5.97 Å². The predicted octanol–water partition coefficient (Wildman–Crippen LogP) is 7.03. The quantitative estimate of drug-likeness (QED) is 0.218. The molecule has 0 fully saturated rings. The Balaban J connectivity index is 1.93. The molecule has 0 radical (unpaired) electrons. The molecule has 5 nitrogen and oxygen atoms in total. The zero-order chi connectivity index (χ0) is 24.5. The molecule has 0 amide bonds. The Morgan fingerprint density at radius 3 is 2.30 bits per heavy atom. The lowest BCUT2D eigenvalue weighted by Crippen LogP contribution is -2.38. The van der Waals surface area contributed by atoms with E-state index in [0.717, 1.165) is 38.1 Å². The lowest BCUT2D eigenvalue weighted by molar-refractivity contribution is -0.152. The predicted molar refractivity (Wildman–Crippen MR) is 134 cm³/mol. The third kappa shape index (κ3) is 5.17. The van der Waals surface area contributed by atoms with Crippen molar-refractivity contribution in [2.45, 2.75) is 58.0 Å². The van der Waals surface area contributed by atoms with Gasteiger partial charge in [0.05, 0.1) is 0 Å². The summed E-state index contributed by atoms with van der Waals surface area (Å²) in [5.41, 5.74) is 2.72. The Labute approximate surface area is 198 Å². The van der Waals surface area contributed by atoms with Gasteiger partial charge in [0.1, 0.15) is 11.3 Å². The third-order valence-electron chi connectivity index (χ3n) is 5.52. The van der Waals surface area contributed by atoms with Crippen LogP contribution in [0.5, 0.6) is 5.75 Å². The van der Waals surface area contributed by atoms with Crippen LogP contribution in [0.25, 0.3) is 17.0 Å². The zero-order valence-electron chi connectivity index (χ0n) is 20.1. The fourth-order valence-electron chi connectivity index (χ4n) is 3.77. The molecule has 0 aliphatic carbocycles. The molecule has 1 heterocycles. The fraction of sp³-hybridized carbons (Fsp3) is 0.333. The van der Waals surface area contributed by atoms with E-state index in [1.807, 2.05) is 50.4 Å². The van der Waals surface area contributed by atoms with Crippen molar-refractivity contribution in [3.63, 3.8) is 0 Å². The van der Waals surface area contributed by atoms with Crippen molar-refractivity contribution < 1.29 is 23.8 Å². The van der Waals surface area contributed by atoms with Gasteiger partial charge in [-0.15, -0.1) is 11.8 Å². The highest BCUT2D eigenvalue weighted by Gasteiger charge is 2.30. The molecule has 3 rings (SSSR count). The van der Waals surface area contributed by atoms with E-state index in [0.29, 0.717) is 11.5 Å². The minimum atomic E-state index is -1.34. The number of hydrogen-bond donors (Lipinski definition) is 1. The standard InChI is InChI=1S/C27H30O5S/c1-15(2)23-20-10-9-19(33-7)14-22(20)31-25(23)21(28)11-8-18-12-16(3)24(17(4)13-18)32-27(5,6)26(29)30/h8-15H,1-7H3,(H,29,30). The Morgan fingerprint density at radius 1 is 1.12 bits per heavy atom. The number of aliphatic carboxylic acids is 1. The fourth-order valence-corrected chi connectivity index (χ4v) is 4.20. The molecule has 174 valence electrons. The van der Waals surface area contributed by atoms with Crippen molar-refractivity contribution in [1.82, 2.24) is 0 Å². The summed E-state index contributed by atoms with van der Waals surface area (Å²) in [7, 11) is 0. The Hall–Kier alpha value is -2.99. The molecule has 0 saturated heterocycles. The number of allylic oxidation sites excluding steroid dienone is 1. The molecule has 1 aromatic heterocycles. The first kappa shape index (κ1) is 24.6. The molecule has 0 aliphatic heterocycles. The number of carboxylic acid groups (broad SMARTS) is 1. The maximum atomic E-state index is 13.1. The maximum absolute atomic E-state index is 13.1. The lowest BCUT2D eigenvalue weighted by atomic mass is 9.97. The molecule has 0 spiro atoms. The van der Waals surface area contributed by atoms with Crippen LogP contribution in [-0.4, -0.2) is 28.7 Å². The van der Waals surface area contributed by atoms with E-state index >= 15 is 0 Å². The van der Waals surface area contributed by atoms with Gasteiger partial charge in [-0.3, -0.25) is 4.79 Å². The number of hydrogen-bond acceptors (Lipinski definition) is 5. The van der Waals surface area contributed by atoms with E-state index in [2.05, 4.69) is 13.8 Å². The van der Waals surface area contributed by atoms with Crippen molar-refractivity contribution in [3.8, 4) is 5.75 Å². The van der Waals surface area contributed by atoms with Gasteiger partial charge in [-0.25, -0.2) is 4.79 Å². The summed E-state index contributed by atoms with van der Waals surface area (Å²) in [6.45, 7) is 10.9. The third-order valence-corrected chi connectivity index (χ3v) is 6.24. The number of furan rings is 1. The molecule has 0 atom stereocenters. The molecular weight excluding hydrogens is 436 g/mol. The number of ether oxygens (including phenoxy) is 1. The molecular formula is C27H30O5S. The monoisotopic (exact) mass is 466 g/mol.